The van der Waals surface area contributed by atoms with E-state index in [1.165, 1.54) is 0 Å². The van der Waals surface area contributed by atoms with Gasteiger partial charge in [0.1, 0.15) is 11.6 Å². The average molecular weight is 388 g/mol. The van der Waals surface area contributed by atoms with Crippen LogP contribution in [0.25, 0.3) is 0 Å². The molecule has 7 heteroatoms. The molecular formula is C19H15Cl2N3O2. The molecule has 0 fully saturated rings. The molecule has 0 atom stereocenters. The summed E-state index contributed by atoms with van der Waals surface area (Å²) in [5.41, 5.74) is 1.73. The number of carbonyl (C=O) groups excluding carboxylic acids is 1. The molecule has 0 unspecified atom stereocenters. The highest BCUT2D eigenvalue weighted by Crippen LogP contribution is 2.26. The van der Waals surface area contributed by atoms with Crippen molar-refractivity contribution < 1.29 is 9.53 Å². The van der Waals surface area contributed by atoms with E-state index in [4.69, 9.17) is 27.9 Å². The highest BCUT2D eigenvalue weighted by molar-refractivity contribution is 6.42. The molecule has 0 bridgehead atoms. The van der Waals surface area contributed by atoms with E-state index in [9.17, 15) is 4.79 Å². The van der Waals surface area contributed by atoms with Crippen molar-refractivity contribution in [2.75, 3.05) is 17.7 Å². The van der Waals surface area contributed by atoms with Crippen molar-refractivity contribution in [1.29, 1.82) is 0 Å². The fourth-order valence-corrected chi connectivity index (χ4v) is 2.57. The molecule has 132 valence electrons. The van der Waals surface area contributed by atoms with Gasteiger partial charge < -0.3 is 15.4 Å². The number of nitrogens with one attached hydrogen (secondary N) is 2. The van der Waals surface area contributed by atoms with Crippen molar-refractivity contribution in [3.05, 3.63) is 76.4 Å². The Kier molecular flexibility index (Phi) is 5.61. The number of rotatable bonds is 5. The lowest BCUT2D eigenvalue weighted by molar-refractivity contribution is 0.102. The predicted molar refractivity (Wildman–Crippen MR) is 105 cm³/mol. The van der Waals surface area contributed by atoms with Gasteiger partial charge in [-0.15, -0.1) is 0 Å². The van der Waals surface area contributed by atoms with E-state index in [1.54, 1.807) is 43.6 Å². The largest absolute Gasteiger partial charge is 0.497 e. The van der Waals surface area contributed by atoms with E-state index in [1.807, 2.05) is 24.3 Å². The smallest absolute Gasteiger partial charge is 0.259 e. The SMILES string of the molecule is COc1ccc(Nc2ncccc2C(=O)Nc2ccc(Cl)c(Cl)c2)cc1. The Labute approximate surface area is 160 Å². The lowest BCUT2D eigenvalue weighted by Gasteiger charge is -2.12. The van der Waals surface area contributed by atoms with Crippen LogP contribution in [-0.2, 0) is 0 Å². The number of amides is 1. The third kappa shape index (κ3) is 4.25. The summed E-state index contributed by atoms with van der Waals surface area (Å²) in [5.74, 6) is 0.872. The first kappa shape index (κ1) is 18.0. The molecule has 2 N–H and O–H groups in total. The maximum absolute atomic E-state index is 12.6. The van der Waals surface area contributed by atoms with E-state index in [2.05, 4.69) is 15.6 Å². The zero-order valence-electron chi connectivity index (χ0n) is 13.8. The normalized spacial score (nSPS) is 10.3. The molecule has 2 aromatic carbocycles. The summed E-state index contributed by atoms with van der Waals surface area (Å²) in [5, 5.41) is 6.72. The number of halogens is 2. The van der Waals surface area contributed by atoms with Crippen molar-refractivity contribution in [3.8, 4) is 5.75 Å². The van der Waals surface area contributed by atoms with Crippen molar-refractivity contribution >= 4 is 46.3 Å². The molecule has 1 amide bonds. The highest BCUT2D eigenvalue weighted by atomic mass is 35.5. The minimum Gasteiger partial charge on any atom is -0.497 e. The van der Waals surface area contributed by atoms with E-state index >= 15 is 0 Å². The Morgan fingerprint density at radius 2 is 1.73 bits per heavy atom. The lowest BCUT2D eigenvalue weighted by atomic mass is 10.2. The number of nitrogens with zero attached hydrogens (tertiary/aromatic N) is 1. The number of ether oxygens (including phenoxy) is 1. The number of anilines is 3. The summed E-state index contributed by atoms with van der Waals surface area (Å²) in [6.07, 6.45) is 1.61. The van der Waals surface area contributed by atoms with Crippen LogP contribution in [-0.4, -0.2) is 18.0 Å². The molecular weight excluding hydrogens is 373 g/mol. The Morgan fingerprint density at radius 3 is 2.42 bits per heavy atom. The van der Waals surface area contributed by atoms with Gasteiger partial charge in [0.05, 0.1) is 22.7 Å². The highest BCUT2D eigenvalue weighted by Gasteiger charge is 2.13. The number of methoxy groups -OCH3 is 1. The molecule has 0 saturated heterocycles. The second kappa shape index (κ2) is 8.08. The molecule has 1 aromatic heterocycles. The molecule has 0 aliphatic heterocycles. The summed E-state index contributed by atoms with van der Waals surface area (Å²) in [7, 11) is 1.60. The third-order valence-corrected chi connectivity index (χ3v) is 4.32. The summed E-state index contributed by atoms with van der Waals surface area (Å²) in [4.78, 5) is 16.9. The Morgan fingerprint density at radius 1 is 1.00 bits per heavy atom. The second-order valence-electron chi connectivity index (χ2n) is 5.34. The third-order valence-electron chi connectivity index (χ3n) is 3.58. The fourth-order valence-electron chi connectivity index (χ4n) is 2.27. The van der Waals surface area contributed by atoms with Gasteiger partial charge in [0.25, 0.3) is 5.91 Å². The Bertz CT molecular complexity index is 930. The Hall–Kier alpha value is -2.76. The fraction of sp³-hybridized carbons (Fsp3) is 0.0526. The molecule has 0 spiro atoms. The average Bonchev–Trinajstić information content (AvgIpc) is 2.66. The van der Waals surface area contributed by atoms with E-state index < -0.39 is 0 Å². The van der Waals surface area contributed by atoms with Gasteiger partial charge in [-0.3, -0.25) is 4.79 Å². The Balaban J connectivity index is 1.81. The summed E-state index contributed by atoms with van der Waals surface area (Å²) in [6, 6.07) is 15.6. The standard InChI is InChI=1S/C19H15Cl2N3O2/c1-26-14-7-4-12(5-8-14)23-18-15(3-2-10-22-18)19(25)24-13-6-9-16(20)17(21)11-13/h2-11H,1H3,(H,22,23)(H,24,25). The monoisotopic (exact) mass is 387 g/mol. The van der Waals surface area contributed by atoms with Crippen molar-refractivity contribution in [3.63, 3.8) is 0 Å². The van der Waals surface area contributed by atoms with E-state index in [-0.39, 0.29) is 5.91 Å². The van der Waals surface area contributed by atoms with Gasteiger partial charge in [0.2, 0.25) is 0 Å². The summed E-state index contributed by atoms with van der Waals surface area (Å²) < 4.78 is 5.14. The first-order chi connectivity index (χ1) is 12.6. The molecule has 0 aliphatic carbocycles. The molecule has 0 radical (unpaired) electrons. The van der Waals surface area contributed by atoms with Gasteiger partial charge in [-0.05, 0) is 54.6 Å². The molecule has 1 heterocycles. The molecule has 3 aromatic rings. The second-order valence-corrected chi connectivity index (χ2v) is 6.15. The van der Waals surface area contributed by atoms with Crippen molar-refractivity contribution in [2.24, 2.45) is 0 Å². The zero-order valence-corrected chi connectivity index (χ0v) is 15.3. The van der Waals surface area contributed by atoms with Crippen LogP contribution in [0, 0.1) is 0 Å². The van der Waals surface area contributed by atoms with Gasteiger partial charge in [0, 0.05) is 17.6 Å². The van der Waals surface area contributed by atoms with Crippen LogP contribution in [0.2, 0.25) is 10.0 Å². The number of benzene rings is 2. The zero-order chi connectivity index (χ0) is 18.5. The van der Waals surface area contributed by atoms with Gasteiger partial charge >= 0.3 is 0 Å². The van der Waals surface area contributed by atoms with Gasteiger partial charge in [-0.25, -0.2) is 4.98 Å². The minimum atomic E-state index is -0.312. The molecule has 3 rings (SSSR count). The number of aromatic nitrogens is 1. The summed E-state index contributed by atoms with van der Waals surface area (Å²) in [6.45, 7) is 0. The number of hydrogen-bond acceptors (Lipinski definition) is 4. The lowest BCUT2D eigenvalue weighted by Crippen LogP contribution is -2.14. The van der Waals surface area contributed by atoms with Gasteiger partial charge in [0.15, 0.2) is 0 Å². The first-order valence-corrected chi connectivity index (χ1v) is 8.45. The maximum Gasteiger partial charge on any atom is 0.259 e. The summed E-state index contributed by atoms with van der Waals surface area (Å²) >= 11 is 11.9. The van der Waals surface area contributed by atoms with Crippen molar-refractivity contribution in [2.45, 2.75) is 0 Å². The van der Waals surface area contributed by atoms with E-state index in [0.717, 1.165) is 11.4 Å². The van der Waals surface area contributed by atoms with Crippen molar-refractivity contribution in [1.82, 2.24) is 4.98 Å². The van der Waals surface area contributed by atoms with Crippen LogP contribution in [0.5, 0.6) is 5.75 Å². The van der Waals surface area contributed by atoms with Gasteiger partial charge in [-0.1, -0.05) is 23.2 Å². The topological polar surface area (TPSA) is 63.2 Å². The minimum absolute atomic E-state index is 0.312. The van der Waals surface area contributed by atoms with Crippen LogP contribution in [0.3, 0.4) is 0 Å². The quantitative estimate of drug-likeness (QED) is 0.615. The van der Waals surface area contributed by atoms with E-state index in [0.29, 0.717) is 27.1 Å². The van der Waals surface area contributed by atoms with Crippen LogP contribution in [0.15, 0.2) is 60.8 Å². The first-order valence-electron chi connectivity index (χ1n) is 7.69. The number of hydrogen-bond donors (Lipinski definition) is 2. The van der Waals surface area contributed by atoms with Gasteiger partial charge in [-0.2, -0.15) is 0 Å². The molecule has 26 heavy (non-hydrogen) atoms. The molecule has 0 saturated carbocycles. The molecule has 0 aliphatic rings. The van der Waals surface area contributed by atoms with Crippen LogP contribution < -0.4 is 15.4 Å². The number of carbonyl (C=O) groups is 1. The van der Waals surface area contributed by atoms with Crippen LogP contribution in [0.4, 0.5) is 17.2 Å². The maximum atomic E-state index is 12.6. The van der Waals surface area contributed by atoms with Crippen LogP contribution in [0.1, 0.15) is 10.4 Å². The predicted octanol–water partition coefficient (Wildman–Crippen LogP) is 5.39. The molecule has 5 nitrogen and oxygen atoms in total. The number of pyridine rings is 1. The van der Waals surface area contributed by atoms with Crippen LogP contribution >= 0.6 is 23.2 Å².